The molecule has 1 atom stereocenters. The van der Waals surface area contributed by atoms with Crippen LogP contribution in [0, 0.1) is 0 Å². The fraction of sp³-hybridized carbons (Fsp3) is 0. The number of nitrogens with zero attached hydrogens (tertiary/aromatic N) is 1. The van der Waals surface area contributed by atoms with E-state index >= 15 is 4.57 Å². The van der Waals surface area contributed by atoms with Crippen LogP contribution in [0.25, 0.3) is 49.7 Å². The predicted molar refractivity (Wildman–Crippen MR) is 165 cm³/mol. The van der Waals surface area contributed by atoms with Gasteiger partial charge in [-0.25, -0.2) is 0 Å². The van der Waals surface area contributed by atoms with Crippen LogP contribution in [-0.4, -0.2) is 4.57 Å². The van der Waals surface area contributed by atoms with Gasteiger partial charge in [0.2, 0.25) is 0 Å². The zero-order chi connectivity index (χ0) is 26.0. The summed E-state index contributed by atoms with van der Waals surface area (Å²) in [7, 11) is -3.11. The van der Waals surface area contributed by atoms with E-state index in [1.807, 2.05) is 42.5 Å². The quantitative estimate of drug-likeness (QED) is 0.217. The van der Waals surface area contributed by atoms with Crippen LogP contribution < -0.4 is 15.9 Å². The first-order chi connectivity index (χ1) is 19.3. The highest BCUT2D eigenvalue weighted by Gasteiger charge is 2.42. The Kier molecular flexibility index (Phi) is 4.83. The summed E-state index contributed by atoms with van der Waals surface area (Å²) in [5, 5.41) is 4.97. The number of para-hydroxylation sites is 2. The van der Waals surface area contributed by atoms with E-state index in [0.717, 1.165) is 60.1 Å². The Labute approximate surface area is 227 Å². The SMILES string of the molecule is O=P1(c2ccccc2)c2ccccc2-c2ccc3c(c21)c1ccccc1n3-c1ccccc1-c1ccccc1. The van der Waals surface area contributed by atoms with Gasteiger partial charge in [-0.1, -0.05) is 127 Å². The van der Waals surface area contributed by atoms with Gasteiger partial charge in [-0.15, -0.1) is 0 Å². The maximum absolute atomic E-state index is 15.5. The fourth-order valence-corrected chi connectivity index (χ4v) is 9.66. The van der Waals surface area contributed by atoms with E-state index in [1.54, 1.807) is 0 Å². The maximum atomic E-state index is 15.5. The summed E-state index contributed by atoms with van der Waals surface area (Å²) in [5.74, 6) is 0. The molecule has 0 N–H and O–H groups in total. The molecule has 0 fully saturated rings. The number of rotatable bonds is 3. The normalized spacial score (nSPS) is 15.9. The minimum Gasteiger partial charge on any atom is -0.309 e. The van der Waals surface area contributed by atoms with Crippen molar-refractivity contribution in [1.29, 1.82) is 0 Å². The lowest BCUT2D eigenvalue weighted by atomic mass is 10.0. The van der Waals surface area contributed by atoms with Gasteiger partial charge in [0.05, 0.1) is 16.7 Å². The Hall–Kier alpha value is -4.65. The second-order valence-electron chi connectivity index (χ2n) is 10.1. The topological polar surface area (TPSA) is 22.0 Å². The molecule has 0 amide bonds. The smallest absolute Gasteiger partial charge is 0.172 e. The number of hydrogen-bond acceptors (Lipinski definition) is 1. The Balaban J connectivity index is 1.54. The molecule has 7 aromatic rings. The Bertz CT molecular complexity index is 2090. The monoisotopic (exact) mass is 517 g/mol. The van der Waals surface area contributed by atoms with E-state index in [2.05, 4.69) is 108 Å². The molecule has 0 bridgehead atoms. The lowest BCUT2D eigenvalue weighted by Gasteiger charge is -2.17. The van der Waals surface area contributed by atoms with Crippen molar-refractivity contribution in [3.8, 4) is 27.9 Å². The molecule has 0 spiro atoms. The first kappa shape index (κ1) is 22.3. The highest BCUT2D eigenvalue weighted by atomic mass is 31.2. The average molecular weight is 518 g/mol. The van der Waals surface area contributed by atoms with Crippen molar-refractivity contribution in [2.45, 2.75) is 0 Å². The summed E-state index contributed by atoms with van der Waals surface area (Å²) in [6.45, 7) is 0. The van der Waals surface area contributed by atoms with Crippen LogP contribution in [-0.2, 0) is 4.57 Å². The lowest BCUT2D eigenvalue weighted by molar-refractivity contribution is 0.593. The third kappa shape index (κ3) is 3.07. The van der Waals surface area contributed by atoms with Crippen molar-refractivity contribution < 1.29 is 4.57 Å². The average Bonchev–Trinajstić information content (AvgIpc) is 3.48. The first-order valence-electron chi connectivity index (χ1n) is 13.2. The Morgan fingerprint density at radius 3 is 1.95 bits per heavy atom. The van der Waals surface area contributed by atoms with Gasteiger partial charge in [0, 0.05) is 32.2 Å². The van der Waals surface area contributed by atoms with E-state index < -0.39 is 7.14 Å². The molecule has 0 saturated heterocycles. The molecule has 3 heteroatoms. The van der Waals surface area contributed by atoms with Crippen molar-refractivity contribution >= 4 is 44.9 Å². The van der Waals surface area contributed by atoms with Gasteiger partial charge in [-0.05, 0) is 34.9 Å². The molecule has 1 aliphatic rings. The molecule has 2 heterocycles. The van der Waals surface area contributed by atoms with Crippen LogP contribution in [0.4, 0.5) is 0 Å². The number of fused-ring (bicyclic) bond motifs is 7. The van der Waals surface area contributed by atoms with Crippen LogP contribution in [0.15, 0.2) is 146 Å². The fourth-order valence-electron chi connectivity index (χ4n) is 6.38. The molecule has 184 valence electrons. The third-order valence-electron chi connectivity index (χ3n) is 8.01. The molecule has 1 unspecified atom stereocenters. The van der Waals surface area contributed by atoms with Crippen molar-refractivity contribution in [3.63, 3.8) is 0 Å². The van der Waals surface area contributed by atoms with Crippen LogP contribution in [0.3, 0.4) is 0 Å². The second-order valence-corrected chi connectivity index (χ2v) is 12.7. The summed E-state index contributed by atoms with van der Waals surface area (Å²) in [6, 6.07) is 50.3. The summed E-state index contributed by atoms with van der Waals surface area (Å²) in [6.07, 6.45) is 0. The van der Waals surface area contributed by atoms with Crippen molar-refractivity contribution in [2.24, 2.45) is 0 Å². The number of hydrogen-bond donors (Lipinski definition) is 0. The van der Waals surface area contributed by atoms with E-state index in [4.69, 9.17) is 0 Å². The molecule has 0 aliphatic carbocycles. The van der Waals surface area contributed by atoms with Crippen molar-refractivity contribution in [2.75, 3.05) is 0 Å². The Morgan fingerprint density at radius 1 is 0.487 bits per heavy atom. The molecule has 2 nitrogen and oxygen atoms in total. The molecule has 1 aromatic heterocycles. The largest absolute Gasteiger partial charge is 0.309 e. The number of benzene rings is 6. The molecule has 1 aliphatic heterocycles. The van der Waals surface area contributed by atoms with Gasteiger partial charge in [0.1, 0.15) is 0 Å². The first-order valence-corrected chi connectivity index (χ1v) is 14.9. The predicted octanol–water partition coefficient (Wildman–Crippen LogP) is 8.07. The molecule has 0 saturated carbocycles. The number of aromatic nitrogens is 1. The van der Waals surface area contributed by atoms with Gasteiger partial charge in [-0.3, -0.25) is 0 Å². The van der Waals surface area contributed by atoms with Crippen molar-refractivity contribution in [1.82, 2.24) is 4.57 Å². The lowest BCUT2D eigenvalue weighted by Crippen LogP contribution is -2.21. The van der Waals surface area contributed by atoms with Crippen LogP contribution in [0.2, 0.25) is 0 Å². The van der Waals surface area contributed by atoms with E-state index in [9.17, 15) is 0 Å². The minimum absolute atomic E-state index is 0.880. The van der Waals surface area contributed by atoms with E-state index in [1.165, 1.54) is 5.56 Å². The summed E-state index contributed by atoms with van der Waals surface area (Å²) in [5.41, 5.74) is 7.77. The van der Waals surface area contributed by atoms with Gasteiger partial charge in [0.15, 0.2) is 7.14 Å². The summed E-state index contributed by atoms with van der Waals surface area (Å²) < 4.78 is 17.9. The summed E-state index contributed by atoms with van der Waals surface area (Å²) >= 11 is 0. The summed E-state index contributed by atoms with van der Waals surface area (Å²) in [4.78, 5) is 0. The van der Waals surface area contributed by atoms with E-state index in [0.29, 0.717) is 0 Å². The van der Waals surface area contributed by atoms with E-state index in [-0.39, 0.29) is 0 Å². The van der Waals surface area contributed by atoms with Gasteiger partial charge >= 0.3 is 0 Å². The molecule has 6 aromatic carbocycles. The molecular weight excluding hydrogens is 493 g/mol. The van der Waals surface area contributed by atoms with Crippen molar-refractivity contribution in [3.05, 3.63) is 146 Å². The van der Waals surface area contributed by atoms with Crippen LogP contribution >= 0.6 is 7.14 Å². The third-order valence-corrected chi connectivity index (χ3v) is 11.2. The van der Waals surface area contributed by atoms with Crippen LogP contribution in [0.5, 0.6) is 0 Å². The molecule has 8 rings (SSSR count). The standard InChI is InChI=1S/C36H24NOP/c38-39(26-15-5-2-6-16-26)34-22-12-9-18-28(34)29-23-24-33-35(36(29)39)30-19-8-11-21-32(30)37(33)31-20-10-7-17-27(31)25-13-3-1-4-14-25/h1-24H. The van der Waals surface area contributed by atoms with Crippen LogP contribution in [0.1, 0.15) is 0 Å². The van der Waals surface area contributed by atoms with Gasteiger partial charge in [0.25, 0.3) is 0 Å². The molecule has 0 radical (unpaired) electrons. The second kappa shape index (κ2) is 8.43. The molecule has 39 heavy (non-hydrogen) atoms. The maximum Gasteiger partial charge on any atom is 0.172 e. The highest BCUT2D eigenvalue weighted by Crippen LogP contribution is 2.55. The van der Waals surface area contributed by atoms with Gasteiger partial charge in [-0.2, -0.15) is 0 Å². The van der Waals surface area contributed by atoms with Gasteiger partial charge < -0.3 is 9.13 Å². The highest BCUT2D eigenvalue weighted by molar-refractivity contribution is 7.86. The zero-order valence-electron chi connectivity index (χ0n) is 21.2. The molecular formula is C36H24NOP. The Morgan fingerprint density at radius 2 is 1.13 bits per heavy atom. The zero-order valence-corrected chi connectivity index (χ0v) is 22.1. The minimum atomic E-state index is -3.11.